The van der Waals surface area contributed by atoms with Crippen LogP contribution in [0.2, 0.25) is 0 Å². The molecule has 0 radical (unpaired) electrons. The average molecular weight is 274 g/mol. The van der Waals surface area contributed by atoms with E-state index >= 15 is 0 Å². The lowest BCUT2D eigenvalue weighted by Crippen LogP contribution is -2.13. The Bertz CT molecular complexity index is 636. The molecule has 5 heteroatoms. The van der Waals surface area contributed by atoms with E-state index in [1.165, 1.54) is 11.5 Å². The number of para-hydroxylation sites is 1. The lowest BCUT2D eigenvalue weighted by atomic mass is 10.1. The fourth-order valence-corrected chi connectivity index (χ4v) is 3.22. The summed E-state index contributed by atoms with van der Waals surface area (Å²) in [7, 11) is 0. The molecule has 1 unspecified atom stereocenters. The summed E-state index contributed by atoms with van der Waals surface area (Å²) in [6.45, 7) is 4.01. The molecule has 0 bridgehead atoms. The number of Topliss-reactive ketones (excluding diaryl/α,β-unsaturated/α-hetero) is 1. The predicted molar refractivity (Wildman–Crippen MR) is 75.2 cm³/mol. The molecule has 0 amide bonds. The number of carbonyl (C=O) groups excluding carboxylic acids is 1. The summed E-state index contributed by atoms with van der Waals surface area (Å²) in [5, 5.41) is 4.21. The minimum absolute atomic E-state index is 0.0425. The Morgan fingerprint density at radius 3 is 3.05 bits per heavy atom. The molecule has 2 heterocycles. The maximum Gasteiger partial charge on any atom is 0.164 e. The van der Waals surface area contributed by atoms with Gasteiger partial charge in [0.1, 0.15) is 17.4 Å². The third-order valence-electron chi connectivity index (χ3n) is 3.22. The number of rotatable bonds is 3. The number of fused-ring (bicyclic) bond motifs is 1. The van der Waals surface area contributed by atoms with Gasteiger partial charge in [0.15, 0.2) is 5.78 Å². The van der Waals surface area contributed by atoms with Gasteiger partial charge in [0.05, 0.1) is 17.3 Å². The fraction of sp³-hybridized carbons (Fsp3) is 0.286. The maximum atomic E-state index is 11.7. The van der Waals surface area contributed by atoms with Gasteiger partial charge in [0.2, 0.25) is 0 Å². The molecule has 1 aliphatic rings. The zero-order valence-electron chi connectivity index (χ0n) is 10.8. The first-order valence-corrected chi connectivity index (χ1v) is 6.89. The minimum atomic E-state index is 0.0425. The number of nitrogens with one attached hydrogen (secondary N) is 1. The van der Waals surface area contributed by atoms with Crippen molar-refractivity contribution in [2.75, 3.05) is 11.9 Å². The van der Waals surface area contributed by atoms with Crippen molar-refractivity contribution in [3.8, 4) is 5.75 Å². The van der Waals surface area contributed by atoms with Crippen molar-refractivity contribution in [3.05, 3.63) is 41.1 Å². The number of ether oxygens (including phenoxy) is 1. The molecule has 2 aromatic rings. The van der Waals surface area contributed by atoms with Crippen molar-refractivity contribution in [1.82, 2.24) is 4.37 Å². The molecule has 0 aliphatic carbocycles. The lowest BCUT2D eigenvalue weighted by Gasteiger charge is -2.12. The van der Waals surface area contributed by atoms with Crippen LogP contribution in [-0.4, -0.2) is 16.8 Å². The van der Waals surface area contributed by atoms with Crippen LogP contribution in [0.3, 0.4) is 0 Å². The van der Waals surface area contributed by atoms with Crippen LogP contribution < -0.4 is 10.1 Å². The van der Waals surface area contributed by atoms with E-state index in [-0.39, 0.29) is 11.8 Å². The van der Waals surface area contributed by atoms with Crippen LogP contribution in [0.4, 0.5) is 5.00 Å². The molecule has 0 spiro atoms. The summed E-state index contributed by atoms with van der Waals surface area (Å²) in [4.78, 5) is 11.7. The van der Waals surface area contributed by atoms with Gasteiger partial charge >= 0.3 is 0 Å². The Morgan fingerprint density at radius 1 is 1.47 bits per heavy atom. The van der Waals surface area contributed by atoms with Crippen LogP contribution in [0.1, 0.15) is 34.6 Å². The minimum Gasteiger partial charge on any atom is -0.491 e. The Labute approximate surface area is 115 Å². The first kappa shape index (κ1) is 12.2. The zero-order valence-corrected chi connectivity index (χ0v) is 11.6. The van der Waals surface area contributed by atoms with Gasteiger partial charge in [-0.25, -0.2) is 0 Å². The SMILES string of the molecule is CC(=O)c1c(C)nsc1NC1COc2ccccc21. The highest BCUT2D eigenvalue weighted by Crippen LogP contribution is 2.36. The predicted octanol–water partition coefficient (Wildman–Crippen LogP) is 3.20. The van der Waals surface area contributed by atoms with Crippen LogP contribution in [0.25, 0.3) is 0 Å². The smallest absolute Gasteiger partial charge is 0.164 e. The van der Waals surface area contributed by atoms with Crippen LogP contribution in [0.15, 0.2) is 24.3 Å². The van der Waals surface area contributed by atoms with E-state index in [1.54, 1.807) is 6.92 Å². The third-order valence-corrected chi connectivity index (χ3v) is 4.09. The molecule has 0 saturated carbocycles. The molecule has 1 aromatic carbocycles. The molecule has 1 aliphatic heterocycles. The Hall–Kier alpha value is -1.88. The highest BCUT2D eigenvalue weighted by atomic mass is 32.1. The van der Waals surface area contributed by atoms with E-state index in [4.69, 9.17) is 4.74 Å². The number of aromatic nitrogens is 1. The number of carbonyl (C=O) groups is 1. The Morgan fingerprint density at radius 2 is 2.26 bits per heavy atom. The van der Waals surface area contributed by atoms with Crippen molar-refractivity contribution in [2.45, 2.75) is 19.9 Å². The second-order valence-electron chi connectivity index (χ2n) is 4.57. The van der Waals surface area contributed by atoms with E-state index in [0.29, 0.717) is 12.2 Å². The van der Waals surface area contributed by atoms with Crippen LogP contribution in [-0.2, 0) is 0 Å². The average Bonchev–Trinajstić information content (AvgIpc) is 2.95. The molecule has 4 nitrogen and oxygen atoms in total. The highest BCUT2D eigenvalue weighted by molar-refractivity contribution is 7.10. The maximum absolute atomic E-state index is 11.7. The van der Waals surface area contributed by atoms with Crippen LogP contribution in [0, 0.1) is 6.92 Å². The monoisotopic (exact) mass is 274 g/mol. The van der Waals surface area contributed by atoms with E-state index in [0.717, 1.165) is 22.0 Å². The fourth-order valence-electron chi connectivity index (χ4n) is 2.32. The molecule has 98 valence electrons. The second kappa shape index (κ2) is 4.66. The molecule has 3 rings (SSSR count). The molecule has 1 atom stereocenters. The molecular formula is C14H14N2O2S. The first-order valence-electron chi connectivity index (χ1n) is 6.12. The Balaban J connectivity index is 1.90. The topological polar surface area (TPSA) is 51.2 Å². The van der Waals surface area contributed by atoms with Gasteiger partial charge in [-0.2, -0.15) is 4.37 Å². The molecule has 1 N–H and O–H groups in total. The van der Waals surface area contributed by atoms with Crippen molar-refractivity contribution in [3.63, 3.8) is 0 Å². The molecule has 0 fully saturated rings. The zero-order chi connectivity index (χ0) is 13.4. The van der Waals surface area contributed by atoms with Crippen molar-refractivity contribution in [2.24, 2.45) is 0 Å². The van der Waals surface area contributed by atoms with Crippen molar-refractivity contribution >= 4 is 22.3 Å². The highest BCUT2D eigenvalue weighted by Gasteiger charge is 2.26. The van der Waals surface area contributed by atoms with Gasteiger partial charge < -0.3 is 10.1 Å². The standard InChI is InChI=1S/C14H14N2O2S/c1-8-13(9(2)17)14(19-16-8)15-11-7-18-12-6-4-3-5-10(11)12/h3-6,11,15H,7H2,1-2H3. The van der Waals surface area contributed by atoms with E-state index in [1.807, 2.05) is 31.2 Å². The van der Waals surface area contributed by atoms with Gasteiger partial charge in [-0.1, -0.05) is 18.2 Å². The normalized spacial score (nSPS) is 16.8. The summed E-state index contributed by atoms with van der Waals surface area (Å²) < 4.78 is 9.88. The summed E-state index contributed by atoms with van der Waals surface area (Å²) in [5.41, 5.74) is 2.60. The second-order valence-corrected chi connectivity index (χ2v) is 5.35. The Kier molecular flexibility index (Phi) is 2.98. The van der Waals surface area contributed by atoms with Gasteiger partial charge in [-0.15, -0.1) is 0 Å². The number of hydrogen-bond donors (Lipinski definition) is 1. The largest absolute Gasteiger partial charge is 0.491 e. The van der Waals surface area contributed by atoms with Gasteiger partial charge in [0.25, 0.3) is 0 Å². The number of benzene rings is 1. The van der Waals surface area contributed by atoms with Gasteiger partial charge in [-0.05, 0) is 31.4 Å². The third kappa shape index (κ3) is 2.10. The van der Waals surface area contributed by atoms with Crippen LogP contribution >= 0.6 is 11.5 Å². The number of aryl methyl sites for hydroxylation is 1. The summed E-state index contributed by atoms with van der Waals surface area (Å²) >= 11 is 1.33. The molecule has 19 heavy (non-hydrogen) atoms. The quantitative estimate of drug-likeness (QED) is 0.873. The number of anilines is 1. The van der Waals surface area contributed by atoms with E-state index in [9.17, 15) is 4.79 Å². The number of ketones is 1. The molecule has 1 aromatic heterocycles. The number of hydrogen-bond acceptors (Lipinski definition) is 5. The molecule has 0 saturated heterocycles. The van der Waals surface area contributed by atoms with Gasteiger partial charge in [0, 0.05) is 5.56 Å². The van der Waals surface area contributed by atoms with E-state index < -0.39 is 0 Å². The summed E-state index contributed by atoms with van der Waals surface area (Å²) in [6.07, 6.45) is 0. The van der Waals surface area contributed by atoms with E-state index in [2.05, 4.69) is 9.69 Å². The van der Waals surface area contributed by atoms with Gasteiger partial charge in [-0.3, -0.25) is 4.79 Å². The molecular weight excluding hydrogens is 260 g/mol. The lowest BCUT2D eigenvalue weighted by molar-refractivity contribution is 0.101. The van der Waals surface area contributed by atoms with Crippen molar-refractivity contribution in [1.29, 1.82) is 0 Å². The van der Waals surface area contributed by atoms with Crippen molar-refractivity contribution < 1.29 is 9.53 Å². The summed E-state index contributed by atoms with van der Waals surface area (Å²) in [6, 6.07) is 8.03. The first-order chi connectivity index (χ1) is 9.16. The number of nitrogens with zero attached hydrogens (tertiary/aromatic N) is 1. The van der Waals surface area contributed by atoms with Crippen LogP contribution in [0.5, 0.6) is 5.75 Å². The summed E-state index contributed by atoms with van der Waals surface area (Å²) in [5.74, 6) is 0.951.